The van der Waals surface area contributed by atoms with E-state index in [0.717, 1.165) is 29.5 Å². The fraction of sp³-hybridized carbons (Fsp3) is 0.542. The summed E-state index contributed by atoms with van der Waals surface area (Å²) in [6.07, 6.45) is -6.24. The minimum Gasteiger partial charge on any atom is -0.297 e. The van der Waals surface area contributed by atoms with E-state index >= 15 is 0 Å². The Bertz CT molecular complexity index is 1200. The van der Waals surface area contributed by atoms with Crippen LogP contribution in [0.15, 0.2) is 18.3 Å². The number of imidazole rings is 2. The number of fused-ring (bicyclic) bond motifs is 1. The average Bonchev–Trinajstić information content (AvgIpc) is 3.40. The predicted octanol–water partition coefficient (Wildman–Crippen LogP) is 7.28. The molecule has 0 aliphatic heterocycles. The molecule has 0 radical (unpaired) electrons. The van der Waals surface area contributed by atoms with E-state index in [9.17, 15) is 26.3 Å². The summed E-state index contributed by atoms with van der Waals surface area (Å²) in [5, 5.41) is 0.164. The molecule has 0 saturated heterocycles. The van der Waals surface area contributed by atoms with Gasteiger partial charge in [0.25, 0.3) is 0 Å². The van der Waals surface area contributed by atoms with Crippen molar-refractivity contribution in [3.63, 3.8) is 0 Å². The third-order valence-corrected chi connectivity index (χ3v) is 6.67. The maximum Gasteiger partial charge on any atom is 0.435 e. The third kappa shape index (κ3) is 5.80. The van der Waals surface area contributed by atoms with E-state index in [0.29, 0.717) is 18.0 Å². The van der Waals surface area contributed by atoms with E-state index in [1.54, 1.807) is 0 Å². The first kappa shape index (κ1) is 25.9. The largest absolute Gasteiger partial charge is 0.435 e. The number of hydrogen-bond acceptors (Lipinski definition) is 2. The topological polar surface area (TPSA) is 25.5 Å². The Balaban J connectivity index is 1.80. The second kappa shape index (κ2) is 9.35. The monoisotopic (exact) mass is 520 g/mol. The van der Waals surface area contributed by atoms with Crippen LogP contribution in [0.2, 0.25) is 5.15 Å². The molecule has 1 saturated carbocycles. The highest BCUT2D eigenvalue weighted by molar-refractivity contribution is 6.30. The summed E-state index contributed by atoms with van der Waals surface area (Å²) < 4.78 is 83.7. The summed E-state index contributed by atoms with van der Waals surface area (Å²) in [5.74, 6) is 0.407. The van der Waals surface area contributed by atoms with Gasteiger partial charge in [-0.1, -0.05) is 42.1 Å². The van der Waals surface area contributed by atoms with Crippen molar-refractivity contribution in [1.82, 2.24) is 18.9 Å². The lowest BCUT2D eigenvalue weighted by Crippen LogP contribution is -2.30. The standard InChI is InChI=1S/C24H27ClF6N4/c1-14-10-15(2)20(16(3)11-14)35-19(25)13-34-18(21(24(29,30)31)32-22(34)35)12-33(8-6-17-4-5-17)9-7-23(26,27)28/h10-11,13,17H,4-9,12H2,1-3H3. The van der Waals surface area contributed by atoms with Crippen molar-refractivity contribution in [2.75, 3.05) is 13.1 Å². The average molecular weight is 521 g/mol. The van der Waals surface area contributed by atoms with Crippen LogP contribution in [0.3, 0.4) is 0 Å². The molecule has 0 spiro atoms. The molecule has 0 bridgehead atoms. The van der Waals surface area contributed by atoms with Crippen LogP contribution in [0.4, 0.5) is 26.3 Å². The number of rotatable bonds is 8. The number of halogens is 7. The zero-order valence-electron chi connectivity index (χ0n) is 19.7. The van der Waals surface area contributed by atoms with Gasteiger partial charge in [-0.25, -0.2) is 4.98 Å². The third-order valence-electron chi connectivity index (χ3n) is 6.40. The molecule has 0 amide bonds. The van der Waals surface area contributed by atoms with Crippen LogP contribution in [0, 0.1) is 26.7 Å². The van der Waals surface area contributed by atoms with Gasteiger partial charge in [0.05, 0.1) is 17.8 Å². The number of aryl methyl sites for hydroxylation is 3. The molecular formula is C24H27ClF6N4. The van der Waals surface area contributed by atoms with Crippen LogP contribution >= 0.6 is 11.6 Å². The smallest absolute Gasteiger partial charge is 0.297 e. The van der Waals surface area contributed by atoms with Crippen molar-refractivity contribution in [2.45, 2.75) is 65.4 Å². The molecule has 11 heteroatoms. The summed E-state index contributed by atoms with van der Waals surface area (Å²) in [4.78, 5) is 5.37. The molecule has 35 heavy (non-hydrogen) atoms. The van der Waals surface area contributed by atoms with Crippen molar-refractivity contribution < 1.29 is 26.3 Å². The Labute approximate surface area is 204 Å². The Kier molecular flexibility index (Phi) is 6.91. The van der Waals surface area contributed by atoms with Gasteiger partial charge in [-0.15, -0.1) is 0 Å². The highest BCUT2D eigenvalue weighted by Crippen LogP contribution is 2.37. The van der Waals surface area contributed by atoms with E-state index in [1.807, 2.05) is 32.9 Å². The molecule has 0 N–H and O–H groups in total. The number of aromatic nitrogens is 3. The fourth-order valence-electron chi connectivity index (χ4n) is 4.65. The summed E-state index contributed by atoms with van der Waals surface area (Å²) in [5.41, 5.74) is 1.94. The minimum absolute atomic E-state index is 0.0228. The molecule has 3 aromatic rings. The molecule has 2 aromatic heterocycles. The summed E-state index contributed by atoms with van der Waals surface area (Å²) >= 11 is 6.49. The van der Waals surface area contributed by atoms with Crippen LogP contribution in [0.1, 0.15) is 53.8 Å². The summed E-state index contributed by atoms with van der Waals surface area (Å²) in [7, 11) is 0. The molecule has 4 rings (SSSR count). The first-order valence-electron chi connectivity index (χ1n) is 11.5. The molecule has 0 atom stereocenters. The van der Waals surface area contributed by atoms with Gasteiger partial charge in [0, 0.05) is 19.3 Å². The maximum absolute atomic E-state index is 14.0. The van der Waals surface area contributed by atoms with Gasteiger partial charge in [-0.05, 0) is 50.8 Å². The van der Waals surface area contributed by atoms with Crippen LogP contribution < -0.4 is 0 Å². The first-order chi connectivity index (χ1) is 16.2. The summed E-state index contributed by atoms with van der Waals surface area (Å²) in [6, 6.07) is 3.81. The lowest BCUT2D eigenvalue weighted by Gasteiger charge is -2.23. The van der Waals surface area contributed by atoms with Gasteiger partial charge in [0.1, 0.15) is 5.15 Å². The van der Waals surface area contributed by atoms with E-state index in [4.69, 9.17) is 11.6 Å². The number of hydrogen-bond donors (Lipinski definition) is 0. The number of benzene rings is 1. The lowest BCUT2D eigenvalue weighted by atomic mass is 10.1. The van der Waals surface area contributed by atoms with Crippen molar-refractivity contribution in [3.05, 3.63) is 51.6 Å². The van der Waals surface area contributed by atoms with E-state index in [1.165, 1.54) is 20.1 Å². The molecule has 1 aliphatic rings. The van der Waals surface area contributed by atoms with Crippen molar-refractivity contribution in [2.24, 2.45) is 5.92 Å². The SMILES string of the molecule is Cc1cc(C)c(-n2c(Cl)cn3c(CN(CCC4CC4)CCC(F)(F)F)c(C(F)(F)F)nc23)c(C)c1. The van der Waals surface area contributed by atoms with Crippen molar-refractivity contribution >= 4 is 17.4 Å². The van der Waals surface area contributed by atoms with Gasteiger partial charge >= 0.3 is 12.4 Å². The first-order valence-corrected chi connectivity index (χ1v) is 11.8. The number of alkyl halides is 6. The second-order valence-corrected chi connectivity index (χ2v) is 9.87. The van der Waals surface area contributed by atoms with E-state index < -0.39 is 24.5 Å². The van der Waals surface area contributed by atoms with Crippen molar-refractivity contribution in [3.8, 4) is 5.69 Å². The normalized spacial score (nSPS) is 15.1. The molecule has 192 valence electrons. The van der Waals surface area contributed by atoms with Crippen molar-refractivity contribution in [1.29, 1.82) is 0 Å². The maximum atomic E-state index is 14.0. The van der Waals surface area contributed by atoms with Gasteiger partial charge < -0.3 is 0 Å². The highest BCUT2D eigenvalue weighted by Gasteiger charge is 2.40. The molecule has 2 heterocycles. The molecule has 1 aliphatic carbocycles. The Morgan fingerprint density at radius 3 is 2.20 bits per heavy atom. The van der Waals surface area contributed by atoms with Gasteiger partial charge in [-0.2, -0.15) is 26.3 Å². The fourth-order valence-corrected chi connectivity index (χ4v) is 4.91. The molecular weight excluding hydrogens is 494 g/mol. The number of nitrogens with zero attached hydrogens (tertiary/aromatic N) is 4. The highest BCUT2D eigenvalue weighted by atomic mass is 35.5. The Hall–Kier alpha value is -2.20. The quantitative estimate of drug-likeness (QED) is 0.292. The summed E-state index contributed by atoms with van der Waals surface area (Å²) in [6.45, 7) is 5.19. The molecule has 4 nitrogen and oxygen atoms in total. The van der Waals surface area contributed by atoms with Crippen LogP contribution in [-0.2, 0) is 12.7 Å². The zero-order valence-corrected chi connectivity index (χ0v) is 20.4. The molecule has 0 unspecified atom stereocenters. The van der Waals surface area contributed by atoms with Gasteiger partial charge in [0.2, 0.25) is 5.78 Å². The minimum atomic E-state index is -4.78. The van der Waals surface area contributed by atoms with E-state index in [2.05, 4.69) is 4.98 Å². The van der Waals surface area contributed by atoms with Gasteiger partial charge in [-0.3, -0.25) is 13.9 Å². The van der Waals surface area contributed by atoms with E-state index in [-0.39, 0.29) is 36.3 Å². The van der Waals surface area contributed by atoms with Crippen LogP contribution in [0.25, 0.3) is 11.5 Å². The molecule has 1 aromatic carbocycles. The zero-order chi connectivity index (χ0) is 25.7. The van der Waals surface area contributed by atoms with Crippen LogP contribution in [-0.4, -0.2) is 38.1 Å². The molecule has 1 fully saturated rings. The van der Waals surface area contributed by atoms with Crippen LogP contribution in [0.5, 0.6) is 0 Å². The Morgan fingerprint density at radius 1 is 1.03 bits per heavy atom. The second-order valence-electron chi connectivity index (χ2n) is 9.48. The van der Waals surface area contributed by atoms with Gasteiger partial charge in [0.15, 0.2) is 5.69 Å². The Morgan fingerprint density at radius 2 is 1.66 bits per heavy atom. The predicted molar refractivity (Wildman–Crippen MR) is 122 cm³/mol. The lowest BCUT2D eigenvalue weighted by molar-refractivity contribution is -0.143.